The maximum atomic E-state index is 11.6. The number of anilines is 1. The third-order valence-corrected chi connectivity index (χ3v) is 3.52. The van der Waals surface area contributed by atoms with Gasteiger partial charge in [-0.3, -0.25) is 9.59 Å². The lowest BCUT2D eigenvalue weighted by molar-refractivity contribution is -0.126. The summed E-state index contributed by atoms with van der Waals surface area (Å²) in [5, 5.41) is 9.63. The summed E-state index contributed by atoms with van der Waals surface area (Å²) in [5.41, 5.74) is 1.32. The first kappa shape index (κ1) is 18.8. The van der Waals surface area contributed by atoms with Crippen molar-refractivity contribution in [2.75, 3.05) is 11.9 Å². The van der Waals surface area contributed by atoms with Crippen molar-refractivity contribution in [3.05, 3.63) is 64.1 Å². The number of nitrogens with zero attached hydrogens (tertiary/aromatic N) is 1. The van der Waals surface area contributed by atoms with Crippen molar-refractivity contribution in [3.8, 4) is 0 Å². The molecule has 0 aliphatic rings. The van der Waals surface area contributed by atoms with Gasteiger partial charge in [0.15, 0.2) is 6.61 Å². The smallest absolute Gasteiger partial charge is 0.270 e. The molecule has 0 unspecified atom stereocenters. The van der Waals surface area contributed by atoms with Crippen LogP contribution < -0.4 is 10.6 Å². The molecule has 2 rings (SSSR count). The van der Waals surface area contributed by atoms with Gasteiger partial charge in [0.1, 0.15) is 6.21 Å². The summed E-state index contributed by atoms with van der Waals surface area (Å²) in [6.07, 6.45) is 0.924. The van der Waals surface area contributed by atoms with Gasteiger partial charge in [0.25, 0.3) is 11.8 Å². The van der Waals surface area contributed by atoms with Gasteiger partial charge >= 0.3 is 0 Å². The van der Waals surface area contributed by atoms with Crippen molar-refractivity contribution in [1.29, 1.82) is 0 Å². The Morgan fingerprint density at radius 2 is 1.92 bits per heavy atom. The van der Waals surface area contributed by atoms with Gasteiger partial charge in [0, 0.05) is 11.6 Å². The summed E-state index contributed by atoms with van der Waals surface area (Å²) in [4.78, 5) is 28.0. The molecule has 2 aromatic carbocycles. The molecule has 0 spiro atoms. The molecule has 0 aliphatic heterocycles. The molecule has 0 atom stereocenters. The maximum absolute atomic E-state index is 11.6. The second-order valence-electron chi connectivity index (χ2n) is 4.88. The third kappa shape index (κ3) is 6.82. The van der Waals surface area contributed by atoms with Crippen molar-refractivity contribution in [3.63, 3.8) is 0 Å². The topological polar surface area (TPSA) is 79.8 Å². The first-order valence-corrected chi connectivity index (χ1v) is 8.02. The molecular weight excluding hydrogens is 365 g/mol. The molecule has 0 fully saturated rings. The highest BCUT2D eigenvalue weighted by atomic mass is 35.5. The highest BCUT2D eigenvalue weighted by Gasteiger charge is 2.04. The van der Waals surface area contributed by atoms with Crippen molar-refractivity contribution in [2.45, 2.75) is 6.54 Å². The van der Waals surface area contributed by atoms with Crippen LogP contribution in [0.5, 0.6) is 0 Å². The van der Waals surface area contributed by atoms with Crippen LogP contribution in [0.3, 0.4) is 0 Å². The van der Waals surface area contributed by atoms with E-state index in [0.717, 1.165) is 11.8 Å². The summed E-state index contributed by atoms with van der Waals surface area (Å²) in [5.74, 6) is -0.893. The number of halogens is 2. The zero-order valence-electron chi connectivity index (χ0n) is 13.0. The number of carbonyl (C=O) groups excluding carboxylic acids is 2. The summed E-state index contributed by atoms with van der Waals surface area (Å²) in [6.45, 7) is 0.00982. The first-order valence-electron chi connectivity index (χ1n) is 7.26. The normalized spacial score (nSPS) is 10.5. The van der Waals surface area contributed by atoms with Crippen LogP contribution in [0.25, 0.3) is 0 Å². The molecular formula is C17H15Cl2N3O3. The number of hydrogen-bond donors (Lipinski definition) is 2. The average Bonchev–Trinajstić information content (AvgIpc) is 2.59. The fourth-order valence-corrected chi connectivity index (χ4v) is 2.20. The average molecular weight is 380 g/mol. The van der Waals surface area contributed by atoms with Crippen LogP contribution in [-0.4, -0.2) is 24.6 Å². The Balaban J connectivity index is 1.69. The highest BCUT2D eigenvalue weighted by Crippen LogP contribution is 2.19. The zero-order valence-corrected chi connectivity index (χ0v) is 14.6. The molecule has 0 heterocycles. The fraction of sp³-hybridized carbons (Fsp3) is 0.118. The van der Waals surface area contributed by atoms with E-state index in [4.69, 9.17) is 28.0 Å². The standard InChI is InChI=1S/C17H15Cl2N3O3/c18-13-5-3-4-12(8-13)9-20-17(24)11-25-21-10-16(23)22-15-7-2-1-6-14(15)19/h1-8,10H,9,11H2,(H,20,24)(H,22,23). The number of rotatable bonds is 7. The van der Waals surface area contributed by atoms with E-state index in [1.54, 1.807) is 42.5 Å². The minimum absolute atomic E-state index is 0.309. The number of benzene rings is 2. The molecule has 2 N–H and O–H groups in total. The number of nitrogens with one attached hydrogen (secondary N) is 2. The van der Waals surface area contributed by atoms with Crippen molar-refractivity contribution in [2.24, 2.45) is 5.16 Å². The minimum Gasteiger partial charge on any atom is -0.386 e. The molecule has 130 valence electrons. The Hall–Kier alpha value is -2.57. The lowest BCUT2D eigenvalue weighted by Gasteiger charge is -2.05. The van der Waals surface area contributed by atoms with Crippen LogP contribution in [0.4, 0.5) is 5.69 Å². The number of amides is 2. The van der Waals surface area contributed by atoms with E-state index in [-0.39, 0.29) is 12.5 Å². The van der Waals surface area contributed by atoms with Crippen LogP contribution in [0, 0.1) is 0 Å². The van der Waals surface area contributed by atoms with E-state index in [0.29, 0.717) is 22.3 Å². The Morgan fingerprint density at radius 1 is 1.12 bits per heavy atom. The van der Waals surface area contributed by atoms with Gasteiger partial charge in [-0.1, -0.05) is 52.6 Å². The van der Waals surface area contributed by atoms with E-state index in [2.05, 4.69) is 15.8 Å². The summed E-state index contributed by atoms with van der Waals surface area (Å²) in [7, 11) is 0. The van der Waals surface area contributed by atoms with Gasteiger partial charge in [-0.2, -0.15) is 0 Å². The van der Waals surface area contributed by atoms with Crippen LogP contribution in [-0.2, 0) is 21.0 Å². The lowest BCUT2D eigenvalue weighted by Crippen LogP contribution is -2.26. The number of oxime groups is 1. The van der Waals surface area contributed by atoms with Gasteiger partial charge in [-0.15, -0.1) is 0 Å². The van der Waals surface area contributed by atoms with E-state index in [1.807, 2.05) is 6.07 Å². The molecule has 0 bridgehead atoms. The number of hydrogen-bond acceptors (Lipinski definition) is 4. The molecule has 2 aromatic rings. The van der Waals surface area contributed by atoms with E-state index < -0.39 is 5.91 Å². The Labute approximate surface area is 154 Å². The molecule has 0 saturated carbocycles. The summed E-state index contributed by atoms with van der Waals surface area (Å²) < 4.78 is 0. The largest absolute Gasteiger partial charge is 0.386 e. The SMILES string of the molecule is O=C(C=NOCC(=O)NCc1cccc(Cl)c1)Nc1ccccc1Cl. The quantitative estimate of drug-likeness (QED) is 0.572. The molecule has 0 aliphatic carbocycles. The zero-order chi connectivity index (χ0) is 18.1. The number of para-hydroxylation sites is 1. The van der Waals surface area contributed by atoms with Gasteiger partial charge in [-0.25, -0.2) is 0 Å². The Morgan fingerprint density at radius 3 is 2.68 bits per heavy atom. The van der Waals surface area contributed by atoms with Crippen molar-refractivity contribution < 1.29 is 14.4 Å². The predicted molar refractivity (Wildman–Crippen MR) is 97.8 cm³/mol. The van der Waals surface area contributed by atoms with Crippen LogP contribution in [0.15, 0.2) is 53.7 Å². The maximum Gasteiger partial charge on any atom is 0.270 e. The van der Waals surface area contributed by atoms with E-state index in [1.165, 1.54) is 0 Å². The van der Waals surface area contributed by atoms with Crippen molar-refractivity contribution in [1.82, 2.24) is 5.32 Å². The van der Waals surface area contributed by atoms with Crippen LogP contribution >= 0.6 is 23.2 Å². The Bertz CT molecular complexity index is 781. The first-order chi connectivity index (χ1) is 12.0. The van der Waals surface area contributed by atoms with Gasteiger partial charge in [0.2, 0.25) is 0 Å². The molecule has 8 heteroatoms. The number of carbonyl (C=O) groups is 2. The predicted octanol–water partition coefficient (Wildman–Crippen LogP) is 3.25. The second kappa shape index (κ2) is 9.66. The third-order valence-electron chi connectivity index (χ3n) is 2.95. The van der Waals surface area contributed by atoms with Crippen LogP contribution in [0.2, 0.25) is 10.0 Å². The molecule has 0 aromatic heterocycles. The lowest BCUT2D eigenvalue weighted by atomic mass is 10.2. The molecule has 6 nitrogen and oxygen atoms in total. The summed E-state index contributed by atoms with van der Waals surface area (Å²) in [6, 6.07) is 13.9. The molecule has 0 radical (unpaired) electrons. The van der Waals surface area contributed by atoms with Gasteiger partial charge in [-0.05, 0) is 29.8 Å². The fourth-order valence-electron chi connectivity index (χ4n) is 1.81. The van der Waals surface area contributed by atoms with Gasteiger partial charge < -0.3 is 15.5 Å². The van der Waals surface area contributed by atoms with E-state index in [9.17, 15) is 9.59 Å². The van der Waals surface area contributed by atoms with E-state index >= 15 is 0 Å². The monoisotopic (exact) mass is 379 g/mol. The molecule has 25 heavy (non-hydrogen) atoms. The van der Waals surface area contributed by atoms with Crippen molar-refractivity contribution >= 4 is 46.9 Å². The highest BCUT2D eigenvalue weighted by molar-refractivity contribution is 6.36. The molecule has 0 saturated heterocycles. The minimum atomic E-state index is -0.521. The van der Waals surface area contributed by atoms with Crippen LogP contribution in [0.1, 0.15) is 5.56 Å². The second-order valence-corrected chi connectivity index (χ2v) is 5.73. The Kier molecular flexibility index (Phi) is 7.25. The summed E-state index contributed by atoms with van der Waals surface area (Å²) >= 11 is 11.8. The molecule has 2 amide bonds. The van der Waals surface area contributed by atoms with Gasteiger partial charge in [0.05, 0.1) is 10.7 Å².